The number of ether oxygens (including phenoxy) is 4. The van der Waals surface area contributed by atoms with Gasteiger partial charge < -0.3 is 18.9 Å². The van der Waals surface area contributed by atoms with Crippen molar-refractivity contribution in [2.45, 2.75) is 24.9 Å². The highest BCUT2D eigenvalue weighted by molar-refractivity contribution is 5.27. The van der Waals surface area contributed by atoms with Crippen LogP contribution in [-0.2, 0) is 18.9 Å². The van der Waals surface area contributed by atoms with Gasteiger partial charge in [0.25, 0.3) is 0 Å². The van der Waals surface area contributed by atoms with Crippen molar-refractivity contribution in [2.75, 3.05) is 28.4 Å². The molecule has 0 N–H and O–H groups in total. The molecule has 16 heavy (non-hydrogen) atoms. The van der Waals surface area contributed by atoms with Gasteiger partial charge in [-0.3, -0.25) is 0 Å². The molecule has 0 spiro atoms. The van der Waals surface area contributed by atoms with Crippen molar-refractivity contribution in [3.63, 3.8) is 0 Å². The van der Waals surface area contributed by atoms with Gasteiger partial charge in [-0.15, -0.1) is 0 Å². The van der Waals surface area contributed by atoms with E-state index in [1.807, 2.05) is 0 Å². The van der Waals surface area contributed by atoms with Crippen molar-refractivity contribution < 1.29 is 18.9 Å². The van der Waals surface area contributed by atoms with Crippen molar-refractivity contribution in [3.8, 4) is 0 Å². The lowest BCUT2D eigenvalue weighted by molar-refractivity contribution is -0.301. The van der Waals surface area contributed by atoms with E-state index in [4.69, 9.17) is 18.9 Å². The topological polar surface area (TPSA) is 36.9 Å². The maximum Gasteiger partial charge on any atom is 0.179 e. The Labute approximate surface area is 96.5 Å². The second kappa shape index (κ2) is 4.45. The molecular formula is C12H20O4. The van der Waals surface area contributed by atoms with E-state index in [1.54, 1.807) is 28.4 Å². The van der Waals surface area contributed by atoms with E-state index in [9.17, 15) is 0 Å². The number of hydrogen-bond acceptors (Lipinski definition) is 4. The first kappa shape index (κ1) is 12.0. The summed E-state index contributed by atoms with van der Waals surface area (Å²) < 4.78 is 21.7. The van der Waals surface area contributed by atoms with Gasteiger partial charge in [0.2, 0.25) is 0 Å². The number of methoxy groups -OCH3 is 4. The lowest BCUT2D eigenvalue weighted by atomic mass is 9.67. The molecule has 0 aromatic rings. The van der Waals surface area contributed by atoms with Gasteiger partial charge >= 0.3 is 0 Å². The number of fused-ring (bicyclic) bond motifs is 1. The van der Waals surface area contributed by atoms with Gasteiger partial charge in [-0.2, -0.15) is 0 Å². The molecule has 2 aliphatic rings. The Morgan fingerprint density at radius 3 is 2.31 bits per heavy atom. The standard InChI is InChI=1S/C12H20O4/c1-13-11(14-2)9-6-5-8-7-12(15-3,16-4)10(8)9/h6,8,10-11H,5,7H2,1-4H3/t8-,10+/m1/s1. The summed E-state index contributed by atoms with van der Waals surface area (Å²) >= 11 is 0. The zero-order valence-electron chi connectivity index (χ0n) is 10.4. The second-order valence-electron chi connectivity index (χ2n) is 4.41. The minimum atomic E-state index is -0.470. The lowest BCUT2D eigenvalue weighted by Crippen LogP contribution is -2.56. The molecule has 0 radical (unpaired) electrons. The van der Waals surface area contributed by atoms with E-state index in [0.717, 1.165) is 18.4 Å². The fourth-order valence-electron chi connectivity index (χ4n) is 3.08. The Bertz CT molecular complexity index is 279. The maximum atomic E-state index is 5.53. The van der Waals surface area contributed by atoms with Crippen LogP contribution in [0.4, 0.5) is 0 Å². The lowest BCUT2D eigenvalue weighted by Gasteiger charge is -2.51. The molecule has 0 amide bonds. The van der Waals surface area contributed by atoms with Gasteiger partial charge in [0, 0.05) is 40.8 Å². The van der Waals surface area contributed by atoms with Crippen LogP contribution >= 0.6 is 0 Å². The summed E-state index contributed by atoms with van der Waals surface area (Å²) in [5.74, 6) is 0.414. The van der Waals surface area contributed by atoms with Crippen LogP contribution in [0.25, 0.3) is 0 Å². The van der Waals surface area contributed by atoms with Crippen LogP contribution < -0.4 is 0 Å². The summed E-state index contributed by atoms with van der Waals surface area (Å²) in [4.78, 5) is 0. The zero-order chi connectivity index (χ0) is 11.8. The molecule has 0 unspecified atom stereocenters. The van der Waals surface area contributed by atoms with Crippen LogP contribution in [0.15, 0.2) is 11.6 Å². The smallest absolute Gasteiger partial charge is 0.179 e. The Morgan fingerprint density at radius 1 is 1.19 bits per heavy atom. The van der Waals surface area contributed by atoms with Gasteiger partial charge in [0.1, 0.15) is 0 Å². The minimum absolute atomic E-state index is 0.271. The number of rotatable bonds is 5. The van der Waals surface area contributed by atoms with Crippen molar-refractivity contribution in [1.29, 1.82) is 0 Å². The minimum Gasteiger partial charge on any atom is -0.353 e. The SMILES string of the molecule is COC(OC)C1=CC[C@@H]2CC(OC)(OC)[C@H]12. The van der Waals surface area contributed by atoms with Gasteiger partial charge in [-0.05, 0) is 17.9 Å². The molecule has 0 bridgehead atoms. The third kappa shape index (κ3) is 1.52. The van der Waals surface area contributed by atoms with Gasteiger partial charge in [0.15, 0.2) is 12.1 Å². The fourth-order valence-corrected chi connectivity index (χ4v) is 3.08. The van der Waals surface area contributed by atoms with E-state index in [1.165, 1.54) is 0 Å². The largest absolute Gasteiger partial charge is 0.353 e. The molecule has 2 aliphatic carbocycles. The third-order valence-corrected chi connectivity index (χ3v) is 3.90. The normalized spacial score (nSPS) is 31.2. The first-order valence-corrected chi connectivity index (χ1v) is 5.58. The monoisotopic (exact) mass is 228 g/mol. The molecule has 1 saturated carbocycles. The summed E-state index contributed by atoms with van der Waals surface area (Å²) in [6, 6.07) is 0. The van der Waals surface area contributed by atoms with Crippen LogP contribution in [0.1, 0.15) is 12.8 Å². The molecule has 0 aromatic heterocycles. The highest BCUT2D eigenvalue weighted by atomic mass is 16.7. The van der Waals surface area contributed by atoms with Gasteiger partial charge in [-0.25, -0.2) is 0 Å². The van der Waals surface area contributed by atoms with Crippen molar-refractivity contribution >= 4 is 0 Å². The highest BCUT2D eigenvalue weighted by Gasteiger charge is 2.59. The summed E-state index contributed by atoms with van der Waals surface area (Å²) in [5.41, 5.74) is 1.16. The summed E-state index contributed by atoms with van der Waals surface area (Å²) in [6.07, 6.45) is 3.94. The van der Waals surface area contributed by atoms with Gasteiger partial charge in [0.05, 0.1) is 0 Å². The summed E-state index contributed by atoms with van der Waals surface area (Å²) in [5, 5.41) is 0. The van der Waals surface area contributed by atoms with Crippen molar-refractivity contribution in [3.05, 3.63) is 11.6 Å². The first-order valence-electron chi connectivity index (χ1n) is 5.58. The van der Waals surface area contributed by atoms with Crippen LogP contribution in [0.3, 0.4) is 0 Å². The molecule has 4 nitrogen and oxygen atoms in total. The number of hydrogen-bond donors (Lipinski definition) is 0. The predicted octanol–water partition coefficient (Wildman–Crippen LogP) is 1.56. The molecule has 0 aromatic carbocycles. The first-order chi connectivity index (χ1) is 7.72. The van der Waals surface area contributed by atoms with Gasteiger partial charge in [-0.1, -0.05) is 6.08 Å². The van der Waals surface area contributed by atoms with E-state index in [-0.39, 0.29) is 12.2 Å². The summed E-state index contributed by atoms with van der Waals surface area (Å²) in [7, 11) is 6.71. The second-order valence-corrected chi connectivity index (χ2v) is 4.41. The summed E-state index contributed by atoms with van der Waals surface area (Å²) in [6.45, 7) is 0. The highest BCUT2D eigenvalue weighted by Crippen LogP contribution is 2.56. The molecule has 2 rings (SSSR count). The van der Waals surface area contributed by atoms with Crippen LogP contribution in [0, 0.1) is 11.8 Å². The van der Waals surface area contributed by atoms with Crippen LogP contribution in [0.2, 0.25) is 0 Å². The molecule has 0 aliphatic heterocycles. The van der Waals surface area contributed by atoms with E-state index < -0.39 is 5.79 Å². The fraction of sp³-hybridized carbons (Fsp3) is 0.833. The van der Waals surface area contributed by atoms with Crippen LogP contribution in [-0.4, -0.2) is 40.5 Å². The molecule has 4 heteroatoms. The zero-order valence-corrected chi connectivity index (χ0v) is 10.4. The predicted molar refractivity (Wildman–Crippen MR) is 58.9 cm³/mol. The quantitative estimate of drug-likeness (QED) is 0.528. The van der Waals surface area contributed by atoms with Crippen molar-refractivity contribution in [1.82, 2.24) is 0 Å². The molecular weight excluding hydrogens is 208 g/mol. The Kier molecular flexibility index (Phi) is 3.35. The molecule has 2 atom stereocenters. The average molecular weight is 228 g/mol. The number of allylic oxidation sites excluding steroid dienone is 1. The molecule has 0 saturated heterocycles. The third-order valence-electron chi connectivity index (χ3n) is 3.90. The Hall–Kier alpha value is -0.420. The molecule has 92 valence electrons. The maximum absolute atomic E-state index is 5.53. The van der Waals surface area contributed by atoms with Crippen LogP contribution in [0.5, 0.6) is 0 Å². The molecule has 1 fully saturated rings. The Balaban J connectivity index is 2.16. The molecule has 0 heterocycles. The van der Waals surface area contributed by atoms with E-state index in [2.05, 4.69) is 6.08 Å². The van der Waals surface area contributed by atoms with Crippen molar-refractivity contribution in [2.24, 2.45) is 11.8 Å². The Morgan fingerprint density at radius 2 is 1.81 bits per heavy atom. The van der Waals surface area contributed by atoms with E-state index >= 15 is 0 Å². The average Bonchev–Trinajstić information content (AvgIpc) is 2.62. The van der Waals surface area contributed by atoms with E-state index in [0.29, 0.717) is 5.92 Å².